The molecule has 0 aliphatic heterocycles. The topological polar surface area (TPSA) is 89.9 Å². The van der Waals surface area contributed by atoms with Gasteiger partial charge in [-0.1, -0.05) is 12.1 Å². The van der Waals surface area contributed by atoms with E-state index in [9.17, 15) is 18.4 Å². The van der Waals surface area contributed by atoms with Crippen molar-refractivity contribution in [1.29, 1.82) is 0 Å². The Kier molecular flexibility index (Phi) is 6.04. The third-order valence-corrected chi connectivity index (χ3v) is 2.75. The van der Waals surface area contributed by atoms with Crippen LogP contribution in [0.4, 0.5) is 19.3 Å². The Hall–Kier alpha value is -2.22. The average Bonchev–Trinajstić information content (AvgIpc) is 2.39. The van der Waals surface area contributed by atoms with Gasteiger partial charge in [-0.25, -0.2) is 18.4 Å². The average molecular weight is 302 g/mol. The molecular formula is C13H16F2N2O4. The monoisotopic (exact) mass is 302 g/mol. The molecule has 6 nitrogen and oxygen atoms in total. The quantitative estimate of drug-likeness (QED) is 0.747. The standard InChI is InChI=1S/C13H16F2N2O4/c1-8-3-2-4-9(12(19)20)11(8)16-13(21)17(5-6-18)7-10(14)15/h2-4,10,18H,5-7H2,1H3,(H,16,21)(H,19,20). The van der Waals surface area contributed by atoms with Gasteiger partial charge in [0.2, 0.25) is 0 Å². The minimum absolute atomic E-state index is 0.0483. The molecule has 3 N–H and O–H groups in total. The van der Waals surface area contributed by atoms with Crippen LogP contribution >= 0.6 is 0 Å². The van der Waals surface area contributed by atoms with E-state index in [1.807, 2.05) is 0 Å². The summed E-state index contributed by atoms with van der Waals surface area (Å²) in [5, 5.41) is 20.2. The molecule has 8 heteroatoms. The lowest BCUT2D eigenvalue weighted by Gasteiger charge is -2.22. The van der Waals surface area contributed by atoms with Crippen LogP contribution in [0.1, 0.15) is 15.9 Å². The Morgan fingerprint density at radius 2 is 2.05 bits per heavy atom. The minimum atomic E-state index is -2.75. The third kappa shape index (κ3) is 4.67. The molecular weight excluding hydrogens is 286 g/mol. The van der Waals surface area contributed by atoms with E-state index >= 15 is 0 Å². The zero-order valence-corrected chi connectivity index (χ0v) is 11.3. The van der Waals surface area contributed by atoms with Gasteiger partial charge in [-0.05, 0) is 18.6 Å². The summed E-state index contributed by atoms with van der Waals surface area (Å²) in [5.74, 6) is -1.24. The van der Waals surface area contributed by atoms with E-state index in [0.717, 1.165) is 4.90 Å². The first kappa shape index (κ1) is 16.8. The summed E-state index contributed by atoms with van der Waals surface area (Å²) in [4.78, 5) is 23.8. The lowest BCUT2D eigenvalue weighted by Crippen LogP contribution is -2.40. The Morgan fingerprint density at radius 3 is 2.57 bits per heavy atom. The van der Waals surface area contributed by atoms with Gasteiger partial charge in [-0.3, -0.25) is 0 Å². The molecule has 0 fully saturated rings. The van der Waals surface area contributed by atoms with Crippen molar-refractivity contribution in [3.63, 3.8) is 0 Å². The van der Waals surface area contributed by atoms with Crippen molar-refractivity contribution in [2.75, 3.05) is 25.0 Å². The summed E-state index contributed by atoms with van der Waals surface area (Å²) >= 11 is 0. The van der Waals surface area contributed by atoms with Crippen LogP contribution in [0.15, 0.2) is 18.2 Å². The van der Waals surface area contributed by atoms with Gasteiger partial charge < -0.3 is 20.4 Å². The molecule has 116 valence electrons. The minimum Gasteiger partial charge on any atom is -0.478 e. The normalized spacial score (nSPS) is 10.5. The van der Waals surface area contributed by atoms with Crippen molar-refractivity contribution >= 4 is 17.7 Å². The summed E-state index contributed by atoms with van der Waals surface area (Å²) in [7, 11) is 0. The maximum absolute atomic E-state index is 12.4. The molecule has 1 rings (SSSR count). The number of aliphatic hydroxyl groups excluding tert-OH is 1. The number of urea groups is 1. The van der Waals surface area contributed by atoms with Crippen LogP contribution < -0.4 is 5.32 Å². The highest BCUT2D eigenvalue weighted by atomic mass is 19.3. The molecule has 0 saturated carbocycles. The number of alkyl halides is 2. The predicted molar refractivity (Wildman–Crippen MR) is 71.8 cm³/mol. The summed E-state index contributed by atoms with van der Waals surface area (Å²) < 4.78 is 24.8. The van der Waals surface area contributed by atoms with E-state index < -0.39 is 31.6 Å². The van der Waals surface area contributed by atoms with Crippen LogP contribution in [0, 0.1) is 6.92 Å². The highest BCUT2D eigenvalue weighted by Gasteiger charge is 2.20. The zero-order chi connectivity index (χ0) is 16.0. The number of carbonyl (C=O) groups excluding carboxylic acids is 1. The molecule has 1 aromatic rings. The van der Waals surface area contributed by atoms with Crippen molar-refractivity contribution < 1.29 is 28.6 Å². The van der Waals surface area contributed by atoms with Gasteiger partial charge in [0, 0.05) is 6.54 Å². The van der Waals surface area contributed by atoms with Gasteiger partial charge in [-0.15, -0.1) is 0 Å². The fourth-order valence-electron chi connectivity index (χ4n) is 1.76. The van der Waals surface area contributed by atoms with Crippen LogP contribution in [0.2, 0.25) is 0 Å². The Balaban J connectivity index is 2.98. The van der Waals surface area contributed by atoms with Crippen LogP contribution in [0.3, 0.4) is 0 Å². The lowest BCUT2D eigenvalue weighted by molar-refractivity contribution is 0.0697. The summed E-state index contributed by atoms with van der Waals surface area (Å²) in [6.07, 6.45) is -2.75. The first-order valence-corrected chi connectivity index (χ1v) is 6.14. The second kappa shape index (κ2) is 7.53. The van der Waals surface area contributed by atoms with E-state index in [4.69, 9.17) is 10.2 Å². The number of para-hydroxylation sites is 1. The molecule has 0 radical (unpaired) electrons. The molecule has 0 heterocycles. The number of benzene rings is 1. The molecule has 1 aromatic carbocycles. The molecule has 0 saturated heterocycles. The van der Waals surface area contributed by atoms with Crippen molar-refractivity contribution in [1.82, 2.24) is 4.90 Å². The van der Waals surface area contributed by atoms with Crippen LogP contribution in [-0.4, -0.2) is 53.2 Å². The van der Waals surface area contributed by atoms with Gasteiger partial charge in [0.1, 0.15) is 0 Å². The molecule has 0 aliphatic rings. The number of anilines is 1. The molecule has 0 atom stereocenters. The third-order valence-electron chi connectivity index (χ3n) is 2.75. The fourth-order valence-corrected chi connectivity index (χ4v) is 1.76. The highest BCUT2D eigenvalue weighted by Crippen LogP contribution is 2.21. The number of carboxylic acid groups (broad SMARTS) is 1. The smallest absolute Gasteiger partial charge is 0.337 e. The number of aryl methyl sites for hydroxylation is 1. The maximum Gasteiger partial charge on any atom is 0.337 e. The largest absolute Gasteiger partial charge is 0.478 e. The van der Waals surface area contributed by atoms with Crippen molar-refractivity contribution in [3.05, 3.63) is 29.3 Å². The Bertz CT molecular complexity index is 523. The Morgan fingerprint density at radius 1 is 1.38 bits per heavy atom. The van der Waals surface area contributed by atoms with E-state index in [-0.39, 0.29) is 17.8 Å². The van der Waals surface area contributed by atoms with E-state index in [1.54, 1.807) is 13.0 Å². The molecule has 0 aliphatic carbocycles. The number of hydrogen-bond acceptors (Lipinski definition) is 3. The number of rotatable bonds is 6. The molecule has 2 amide bonds. The molecule has 0 aromatic heterocycles. The molecule has 0 spiro atoms. The number of nitrogens with one attached hydrogen (secondary N) is 1. The van der Waals surface area contributed by atoms with Crippen molar-refractivity contribution in [2.45, 2.75) is 13.3 Å². The zero-order valence-electron chi connectivity index (χ0n) is 11.3. The van der Waals surface area contributed by atoms with Crippen molar-refractivity contribution in [3.8, 4) is 0 Å². The number of carboxylic acids is 1. The predicted octanol–water partition coefficient (Wildman–Crippen LogP) is 1.78. The summed E-state index contributed by atoms with van der Waals surface area (Å²) in [5.41, 5.74) is 0.404. The molecule has 0 bridgehead atoms. The second-order valence-corrected chi connectivity index (χ2v) is 4.29. The van der Waals surface area contributed by atoms with Gasteiger partial charge in [0.15, 0.2) is 0 Å². The first-order chi connectivity index (χ1) is 9.86. The van der Waals surface area contributed by atoms with Gasteiger partial charge in [0.25, 0.3) is 6.43 Å². The van der Waals surface area contributed by atoms with E-state index in [2.05, 4.69) is 5.32 Å². The number of aromatic carboxylic acids is 1. The highest BCUT2D eigenvalue weighted by molar-refractivity contribution is 6.01. The number of aliphatic hydroxyl groups is 1. The lowest BCUT2D eigenvalue weighted by atomic mass is 10.1. The van der Waals surface area contributed by atoms with Crippen molar-refractivity contribution in [2.24, 2.45) is 0 Å². The number of halogens is 2. The molecule has 21 heavy (non-hydrogen) atoms. The number of carbonyl (C=O) groups is 2. The van der Waals surface area contributed by atoms with Gasteiger partial charge >= 0.3 is 12.0 Å². The van der Waals surface area contributed by atoms with Crippen LogP contribution in [0.5, 0.6) is 0 Å². The van der Waals surface area contributed by atoms with Gasteiger partial charge in [-0.2, -0.15) is 0 Å². The number of hydrogen-bond donors (Lipinski definition) is 3. The maximum atomic E-state index is 12.4. The number of nitrogens with zero attached hydrogens (tertiary/aromatic N) is 1. The van der Waals surface area contributed by atoms with E-state index in [1.165, 1.54) is 12.1 Å². The van der Waals surface area contributed by atoms with E-state index in [0.29, 0.717) is 5.56 Å². The summed E-state index contributed by atoms with van der Waals surface area (Å²) in [6, 6.07) is 3.51. The van der Waals surface area contributed by atoms with Crippen LogP contribution in [0.25, 0.3) is 0 Å². The Labute approximate surface area is 120 Å². The fraction of sp³-hybridized carbons (Fsp3) is 0.385. The summed E-state index contributed by atoms with van der Waals surface area (Å²) in [6.45, 7) is -0.00358. The first-order valence-electron chi connectivity index (χ1n) is 6.14. The molecule has 0 unspecified atom stereocenters. The second-order valence-electron chi connectivity index (χ2n) is 4.29. The SMILES string of the molecule is Cc1cccc(C(=O)O)c1NC(=O)N(CCO)CC(F)F. The van der Waals surface area contributed by atoms with Crippen LogP contribution in [-0.2, 0) is 0 Å². The van der Waals surface area contributed by atoms with Gasteiger partial charge in [0.05, 0.1) is 24.4 Å². The number of amides is 2.